The Bertz CT molecular complexity index is 791. The van der Waals surface area contributed by atoms with Crippen molar-refractivity contribution in [3.8, 4) is 0 Å². The second-order valence-electron chi connectivity index (χ2n) is 13.0. The second-order valence-corrected chi connectivity index (χ2v) is 13.0. The third-order valence-corrected chi connectivity index (χ3v) is 8.27. The highest BCUT2D eigenvalue weighted by Gasteiger charge is 2.67. The maximum atomic E-state index is 13.3. The lowest BCUT2D eigenvalue weighted by Crippen LogP contribution is -2.45. The average Bonchev–Trinajstić information content (AvgIpc) is 3.31. The van der Waals surface area contributed by atoms with Crippen molar-refractivity contribution in [1.82, 2.24) is 0 Å². The molecule has 3 aliphatic rings. The molecule has 1 aliphatic heterocycles. The standard InChI is InChI=1S/C28H42O3/c1-19-13-14-21(27(6,7)20-11-9-8-10-12-20)22(15-19)30-24(29)23-28(31-23)17-25(2,3)16-26(4,5)18-28/h8-12,19,21-23H,13-18H2,1-7H3/t19-,21-,22-,23-/m1/s1. The van der Waals surface area contributed by atoms with Crippen molar-refractivity contribution < 1.29 is 14.3 Å². The number of hydrogen-bond donors (Lipinski definition) is 0. The Hall–Kier alpha value is -1.35. The largest absolute Gasteiger partial charge is 0.460 e. The van der Waals surface area contributed by atoms with Gasteiger partial charge >= 0.3 is 5.97 Å². The number of epoxide rings is 1. The van der Waals surface area contributed by atoms with Crippen LogP contribution in [-0.4, -0.2) is 23.8 Å². The minimum atomic E-state index is -0.385. The highest BCUT2D eigenvalue weighted by Crippen LogP contribution is 2.60. The molecule has 1 spiro atoms. The van der Waals surface area contributed by atoms with E-state index in [9.17, 15) is 4.79 Å². The molecule has 4 rings (SSSR count). The van der Waals surface area contributed by atoms with Crippen LogP contribution < -0.4 is 0 Å². The lowest BCUT2D eigenvalue weighted by molar-refractivity contribution is -0.158. The van der Waals surface area contributed by atoms with Crippen molar-refractivity contribution >= 4 is 5.97 Å². The quantitative estimate of drug-likeness (QED) is 0.398. The molecule has 0 N–H and O–H groups in total. The van der Waals surface area contributed by atoms with Crippen molar-refractivity contribution in [2.45, 2.75) is 110 Å². The third-order valence-electron chi connectivity index (χ3n) is 8.27. The fourth-order valence-corrected chi connectivity index (χ4v) is 7.41. The molecule has 172 valence electrons. The first-order valence-electron chi connectivity index (χ1n) is 12.3. The Labute approximate surface area is 189 Å². The lowest BCUT2D eigenvalue weighted by Gasteiger charge is -2.44. The zero-order chi connectivity index (χ0) is 22.7. The van der Waals surface area contributed by atoms with Gasteiger partial charge < -0.3 is 9.47 Å². The van der Waals surface area contributed by atoms with Crippen LogP contribution >= 0.6 is 0 Å². The SMILES string of the molecule is C[C@@H]1CC[C@@H](C(C)(C)c2ccccc2)[C@H](OC(=O)[C@H]2OC23CC(C)(C)CC(C)(C)C3)C1. The molecule has 4 atom stereocenters. The van der Waals surface area contributed by atoms with Crippen LogP contribution in [0.4, 0.5) is 0 Å². The van der Waals surface area contributed by atoms with Gasteiger partial charge in [-0.1, -0.05) is 85.2 Å². The number of hydrogen-bond acceptors (Lipinski definition) is 3. The van der Waals surface area contributed by atoms with E-state index in [-0.39, 0.29) is 40.0 Å². The molecule has 1 saturated heterocycles. The van der Waals surface area contributed by atoms with Crippen LogP contribution in [0.25, 0.3) is 0 Å². The number of carbonyl (C=O) groups excluding carboxylic acids is 1. The first kappa shape index (κ1) is 22.8. The van der Waals surface area contributed by atoms with E-state index < -0.39 is 0 Å². The van der Waals surface area contributed by atoms with Crippen LogP contribution in [0, 0.1) is 22.7 Å². The summed E-state index contributed by atoms with van der Waals surface area (Å²) in [5.74, 6) is 0.785. The maximum Gasteiger partial charge on any atom is 0.338 e. The lowest BCUT2D eigenvalue weighted by atomic mass is 9.60. The summed E-state index contributed by atoms with van der Waals surface area (Å²) < 4.78 is 12.5. The molecule has 0 aromatic heterocycles. The molecule has 2 saturated carbocycles. The molecular formula is C28H42O3. The van der Waals surface area contributed by atoms with E-state index in [4.69, 9.17) is 9.47 Å². The molecule has 31 heavy (non-hydrogen) atoms. The van der Waals surface area contributed by atoms with E-state index in [1.54, 1.807) is 0 Å². The van der Waals surface area contributed by atoms with Crippen molar-refractivity contribution in [2.24, 2.45) is 22.7 Å². The molecule has 0 bridgehead atoms. The van der Waals surface area contributed by atoms with Crippen LogP contribution in [0.1, 0.15) is 92.6 Å². The molecule has 0 radical (unpaired) electrons. The summed E-state index contributed by atoms with van der Waals surface area (Å²) in [6.07, 6.45) is 5.87. The number of ether oxygens (including phenoxy) is 2. The molecule has 3 heteroatoms. The highest BCUT2D eigenvalue weighted by molar-refractivity contribution is 5.79. The molecule has 0 unspecified atom stereocenters. The van der Waals surface area contributed by atoms with Crippen LogP contribution in [0.2, 0.25) is 0 Å². The van der Waals surface area contributed by atoms with Gasteiger partial charge in [0.15, 0.2) is 6.10 Å². The van der Waals surface area contributed by atoms with E-state index in [1.807, 2.05) is 0 Å². The number of rotatable bonds is 4. The fraction of sp³-hybridized carbons (Fsp3) is 0.750. The first-order valence-corrected chi connectivity index (χ1v) is 12.3. The van der Waals surface area contributed by atoms with E-state index in [0.717, 1.165) is 25.7 Å². The van der Waals surface area contributed by atoms with E-state index in [1.165, 1.54) is 18.4 Å². The third kappa shape index (κ3) is 4.58. The smallest absolute Gasteiger partial charge is 0.338 e. The zero-order valence-corrected chi connectivity index (χ0v) is 20.7. The average molecular weight is 427 g/mol. The van der Waals surface area contributed by atoms with Crippen LogP contribution in [-0.2, 0) is 19.7 Å². The summed E-state index contributed by atoms with van der Waals surface area (Å²) in [7, 11) is 0. The molecule has 1 aromatic rings. The van der Waals surface area contributed by atoms with E-state index in [2.05, 4.69) is 78.8 Å². The normalized spacial score (nSPS) is 33.6. The van der Waals surface area contributed by atoms with Gasteiger partial charge in [-0.05, 0) is 59.8 Å². The number of carbonyl (C=O) groups is 1. The monoisotopic (exact) mass is 426 g/mol. The van der Waals surface area contributed by atoms with Crippen molar-refractivity contribution in [3.05, 3.63) is 35.9 Å². The predicted octanol–water partition coefficient (Wildman–Crippen LogP) is 6.69. The van der Waals surface area contributed by atoms with E-state index in [0.29, 0.717) is 11.8 Å². The van der Waals surface area contributed by atoms with Gasteiger partial charge in [-0.2, -0.15) is 0 Å². The topological polar surface area (TPSA) is 38.8 Å². The summed E-state index contributed by atoms with van der Waals surface area (Å²) >= 11 is 0. The fourth-order valence-electron chi connectivity index (χ4n) is 7.41. The summed E-state index contributed by atoms with van der Waals surface area (Å²) in [5.41, 5.74) is 1.35. The molecular weight excluding hydrogens is 384 g/mol. The Balaban J connectivity index is 1.50. The van der Waals surface area contributed by atoms with E-state index >= 15 is 0 Å². The van der Waals surface area contributed by atoms with Gasteiger partial charge in [-0.3, -0.25) is 0 Å². The Kier molecular flexibility index (Phi) is 5.60. The van der Waals surface area contributed by atoms with Gasteiger partial charge in [0, 0.05) is 5.92 Å². The van der Waals surface area contributed by atoms with Crippen molar-refractivity contribution in [1.29, 1.82) is 0 Å². The van der Waals surface area contributed by atoms with Crippen molar-refractivity contribution in [3.63, 3.8) is 0 Å². The molecule has 3 fully saturated rings. The van der Waals surface area contributed by atoms with Crippen LogP contribution in [0.5, 0.6) is 0 Å². The molecule has 2 aliphatic carbocycles. The second kappa shape index (κ2) is 7.61. The minimum absolute atomic E-state index is 0.0384. The summed E-state index contributed by atoms with van der Waals surface area (Å²) in [6, 6.07) is 10.7. The van der Waals surface area contributed by atoms with Gasteiger partial charge in [0.25, 0.3) is 0 Å². The van der Waals surface area contributed by atoms with Gasteiger partial charge in [-0.25, -0.2) is 4.79 Å². The predicted molar refractivity (Wildman–Crippen MR) is 125 cm³/mol. The van der Waals surface area contributed by atoms with Crippen LogP contribution in [0.3, 0.4) is 0 Å². The van der Waals surface area contributed by atoms with Crippen molar-refractivity contribution in [2.75, 3.05) is 0 Å². The van der Waals surface area contributed by atoms with Gasteiger partial charge in [0.05, 0.1) is 0 Å². The molecule has 1 heterocycles. The Morgan fingerprint density at radius 2 is 1.61 bits per heavy atom. The maximum absolute atomic E-state index is 13.3. The molecule has 3 nitrogen and oxygen atoms in total. The Morgan fingerprint density at radius 3 is 2.23 bits per heavy atom. The highest BCUT2D eigenvalue weighted by atomic mass is 16.7. The Morgan fingerprint density at radius 1 is 1.00 bits per heavy atom. The van der Waals surface area contributed by atoms with Gasteiger partial charge in [-0.15, -0.1) is 0 Å². The molecule has 0 amide bonds. The molecule has 1 aromatic carbocycles. The van der Waals surface area contributed by atoms with Gasteiger partial charge in [0.1, 0.15) is 11.7 Å². The summed E-state index contributed by atoms with van der Waals surface area (Å²) in [6.45, 7) is 16.1. The number of esters is 1. The van der Waals surface area contributed by atoms with Gasteiger partial charge in [0.2, 0.25) is 0 Å². The number of benzene rings is 1. The zero-order valence-electron chi connectivity index (χ0n) is 20.7. The minimum Gasteiger partial charge on any atom is -0.460 e. The summed E-state index contributed by atoms with van der Waals surface area (Å²) in [5, 5.41) is 0. The van der Waals surface area contributed by atoms with Crippen LogP contribution in [0.15, 0.2) is 30.3 Å². The first-order chi connectivity index (χ1) is 14.3. The summed E-state index contributed by atoms with van der Waals surface area (Å²) in [4.78, 5) is 13.3.